The first-order valence-electron chi connectivity index (χ1n) is 9.75. The van der Waals surface area contributed by atoms with E-state index in [1.54, 1.807) is 6.07 Å². The number of nitrogens with zero attached hydrogens (tertiary/aromatic N) is 1. The van der Waals surface area contributed by atoms with Crippen molar-refractivity contribution in [3.63, 3.8) is 0 Å². The molecule has 6 N–H and O–H groups in total. The summed E-state index contributed by atoms with van der Waals surface area (Å²) in [5, 5.41) is 5.95. The number of pyridine rings is 1. The van der Waals surface area contributed by atoms with Crippen molar-refractivity contribution >= 4 is 29.0 Å². The monoisotopic (exact) mass is 435 g/mol. The van der Waals surface area contributed by atoms with Crippen molar-refractivity contribution in [3.05, 3.63) is 58.1 Å². The predicted molar refractivity (Wildman–Crippen MR) is 116 cm³/mol. The summed E-state index contributed by atoms with van der Waals surface area (Å²) in [7, 11) is 0. The Balaban J connectivity index is 2.25. The third-order valence-electron chi connectivity index (χ3n) is 4.59. The van der Waals surface area contributed by atoms with Crippen LogP contribution >= 0.6 is 11.6 Å². The van der Waals surface area contributed by atoms with E-state index >= 15 is 4.39 Å². The number of ketones is 1. The van der Waals surface area contributed by atoms with Crippen molar-refractivity contribution in [2.24, 2.45) is 5.73 Å². The second-order valence-corrected chi connectivity index (χ2v) is 7.41. The number of hydrogen-bond donors (Lipinski definition) is 4. The Morgan fingerprint density at radius 2 is 2.00 bits per heavy atom. The van der Waals surface area contributed by atoms with Gasteiger partial charge in [-0.2, -0.15) is 0 Å². The number of rotatable bonds is 10. The second kappa shape index (κ2) is 11.0. The van der Waals surface area contributed by atoms with Crippen molar-refractivity contribution in [1.82, 2.24) is 15.6 Å². The molecular weight excluding hydrogens is 409 g/mol. The Hall–Kier alpha value is -2.55. The van der Waals surface area contributed by atoms with Crippen LogP contribution in [0.25, 0.3) is 0 Å². The SMILES string of the molecule is CC[C@@H](N[C@H](C)CC(=O)NCCN)c1ccc(Cl)c(C(=O)c2ccc(N)cn2)c1F. The fraction of sp³-hybridized carbons (Fsp3) is 0.381. The first kappa shape index (κ1) is 23.7. The molecule has 2 atom stereocenters. The van der Waals surface area contributed by atoms with Crippen LogP contribution in [0.15, 0.2) is 30.5 Å². The molecule has 2 aromatic rings. The lowest BCUT2D eigenvalue weighted by atomic mass is 9.97. The molecule has 1 amide bonds. The highest BCUT2D eigenvalue weighted by Crippen LogP contribution is 2.30. The van der Waals surface area contributed by atoms with E-state index in [-0.39, 0.29) is 34.6 Å². The number of anilines is 1. The molecule has 0 bridgehead atoms. The topological polar surface area (TPSA) is 123 Å². The summed E-state index contributed by atoms with van der Waals surface area (Å²) in [5.74, 6) is -1.47. The van der Waals surface area contributed by atoms with Gasteiger partial charge in [0.2, 0.25) is 11.7 Å². The third-order valence-corrected chi connectivity index (χ3v) is 4.91. The van der Waals surface area contributed by atoms with E-state index in [0.717, 1.165) is 0 Å². The van der Waals surface area contributed by atoms with Gasteiger partial charge in [0.25, 0.3) is 0 Å². The van der Waals surface area contributed by atoms with E-state index in [2.05, 4.69) is 15.6 Å². The highest BCUT2D eigenvalue weighted by Gasteiger charge is 2.25. The summed E-state index contributed by atoms with van der Waals surface area (Å²) < 4.78 is 15.4. The molecule has 0 saturated carbocycles. The summed E-state index contributed by atoms with van der Waals surface area (Å²) >= 11 is 6.15. The molecule has 0 aliphatic rings. The van der Waals surface area contributed by atoms with E-state index in [9.17, 15) is 9.59 Å². The summed E-state index contributed by atoms with van der Waals surface area (Å²) in [6.07, 6.45) is 2.09. The smallest absolute Gasteiger partial charge is 0.221 e. The van der Waals surface area contributed by atoms with Crippen molar-refractivity contribution in [2.45, 2.75) is 38.8 Å². The third kappa shape index (κ3) is 5.98. The first-order chi connectivity index (χ1) is 14.3. The standard InChI is InChI=1S/C21H27ClFN5O2/c1-3-16(28-12(2)10-18(29)26-9-8-24)14-5-6-15(22)19(20(14)23)21(30)17-7-4-13(25)11-27-17/h4-7,11-12,16,28H,3,8-10,24-25H2,1-2H3,(H,26,29)/t12-,16-/m1/s1. The highest BCUT2D eigenvalue weighted by molar-refractivity contribution is 6.35. The van der Waals surface area contributed by atoms with Crippen molar-refractivity contribution in [1.29, 1.82) is 0 Å². The summed E-state index contributed by atoms with van der Waals surface area (Å²) in [4.78, 5) is 28.7. The zero-order valence-electron chi connectivity index (χ0n) is 17.0. The maximum absolute atomic E-state index is 15.4. The number of nitrogens with two attached hydrogens (primary N) is 2. The minimum absolute atomic E-state index is 0.00365. The molecule has 1 aromatic carbocycles. The van der Waals surface area contributed by atoms with E-state index in [1.807, 2.05) is 13.8 Å². The van der Waals surface area contributed by atoms with Crippen molar-refractivity contribution < 1.29 is 14.0 Å². The Morgan fingerprint density at radius 3 is 2.60 bits per heavy atom. The summed E-state index contributed by atoms with van der Waals surface area (Å²) in [6, 6.07) is 5.36. The molecule has 0 spiro atoms. The number of halogens is 2. The van der Waals surface area contributed by atoms with E-state index in [0.29, 0.717) is 30.8 Å². The number of nitrogens with one attached hydrogen (secondary N) is 2. The lowest BCUT2D eigenvalue weighted by Gasteiger charge is -2.24. The van der Waals surface area contributed by atoms with Crippen LogP contribution in [0.2, 0.25) is 5.02 Å². The van der Waals surface area contributed by atoms with Gasteiger partial charge in [-0.25, -0.2) is 4.39 Å². The van der Waals surface area contributed by atoms with Gasteiger partial charge in [0.1, 0.15) is 11.5 Å². The second-order valence-electron chi connectivity index (χ2n) is 7.00. The van der Waals surface area contributed by atoms with Gasteiger partial charge in [-0.3, -0.25) is 14.6 Å². The summed E-state index contributed by atoms with van der Waals surface area (Å²) in [6.45, 7) is 4.48. The van der Waals surface area contributed by atoms with Gasteiger partial charge in [-0.15, -0.1) is 0 Å². The zero-order chi connectivity index (χ0) is 22.3. The lowest BCUT2D eigenvalue weighted by Crippen LogP contribution is -2.37. The molecule has 0 aliphatic carbocycles. The maximum Gasteiger partial charge on any atom is 0.221 e. The zero-order valence-corrected chi connectivity index (χ0v) is 17.8. The Kier molecular flexibility index (Phi) is 8.71. The molecule has 0 fully saturated rings. The number of aromatic nitrogens is 1. The molecule has 7 nitrogen and oxygen atoms in total. The number of benzene rings is 1. The number of nitrogen functional groups attached to an aromatic ring is 1. The van der Waals surface area contributed by atoms with Crippen LogP contribution in [0.3, 0.4) is 0 Å². The molecule has 0 radical (unpaired) electrons. The van der Waals surface area contributed by atoms with Crippen molar-refractivity contribution in [3.8, 4) is 0 Å². The fourth-order valence-corrected chi connectivity index (χ4v) is 3.34. The maximum atomic E-state index is 15.4. The highest BCUT2D eigenvalue weighted by atomic mass is 35.5. The van der Waals surface area contributed by atoms with Crippen LogP contribution in [0.4, 0.5) is 10.1 Å². The van der Waals surface area contributed by atoms with Gasteiger partial charge in [-0.05, 0) is 31.5 Å². The van der Waals surface area contributed by atoms with E-state index < -0.39 is 17.6 Å². The molecule has 1 aromatic heterocycles. The van der Waals surface area contributed by atoms with Crippen LogP contribution in [0.5, 0.6) is 0 Å². The Morgan fingerprint density at radius 1 is 1.27 bits per heavy atom. The normalized spacial score (nSPS) is 13.0. The quantitative estimate of drug-likeness (QED) is 0.425. The average Bonchev–Trinajstić information content (AvgIpc) is 2.71. The van der Waals surface area contributed by atoms with Crippen molar-refractivity contribution in [2.75, 3.05) is 18.8 Å². The molecule has 9 heteroatoms. The molecule has 162 valence electrons. The lowest BCUT2D eigenvalue weighted by molar-refractivity contribution is -0.121. The molecule has 0 saturated heterocycles. The molecule has 0 unspecified atom stereocenters. The van der Waals surface area contributed by atoms with Gasteiger partial charge >= 0.3 is 0 Å². The number of carbonyl (C=O) groups excluding carboxylic acids is 2. The molecular formula is C21H27ClFN5O2. The number of hydrogen-bond acceptors (Lipinski definition) is 6. The van der Waals surface area contributed by atoms with Crippen LogP contribution in [0.1, 0.15) is 54.3 Å². The first-order valence-corrected chi connectivity index (χ1v) is 10.1. The van der Waals surface area contributed by atoms with Gasteiger partial charge < -0.3 is 22.1 Å². The Labute approximate surface area is 180 Å². The van der Waals surface area contributed by atoms with Crippen LogP contribution in [-0.2, 0) is 4.79 Å². The van der Waals surface area contributed by atoms with E-state index in [4.69, 9.17) is 23.1 Å². The predicted octanol–water partition coefficient (Wildman–Crippen LogP) is 2.58. The Bertz CT molecular complexity index is 892. The van der Waals surface area contributed by atoms with Crippen LogP contribution < -0.4 is 22.1 Å². The number of carbonyl (C=O) groups is 2. The van der Waals surface area contributed by atoms with E-state index in [1.165, 1.54) is 24.4 Å². The van der Waals surface area contributed by atoms with Crippen LogP contribution in [0, 0.1) is 5.82 Å². The number of amides is 1. The fourth-order valence-electron chi connectivity index (χ4n) is 3.11. The minimum atomic E-state index is -0.703. The molecule has 0 aliphatic heterocycles. The largest absolute Gasteiger partial charge is 0.397 e. The van der Waals surface area contributed by atoms with Gasteiger partial charge in [0.05, 0.1) is 22.5 Å². The van der Waals surface area contributed by atoms with Gasteiger partial charge in [-0.1, -0.05) is 24.6 Å². The van der Waals surface area contributed by atoms with Gasteiger partial charge in [0.15, 0.2) is 0 Å². The van der Waals surface area contributed by atoms with Gasteiger partial charge in [0, 0.05) is 37.2 Å². The average molecular weight is 436 g/mol. The van der Waals surface area contributed by atoms with Crippen LogP contribution in [-0.4, -0.2) is 35.8 Å². The summed E-state index contributed by atoms with van der Waals surface area (Å²) in [5.41, 5.74) is 11.5. The minimum Gasteiger partial charge on any atom is -0.397 e. The molecule has 1 heterocycles. The molecule has 30 heavy (non-hydrogen) atoms. The molecule has 2 rings (SSSR count).